The van der Waals surface area contributed by atoms with Crippen molar-refractivity contribution in [2.24, 2.45) is 0 Å². The molecule has 0 fully saturated rings. The number of nitrogens with one attached hydrogen (secondary N) is 1. The first kappa shape index (κ1) is 11.0. The maximum Gasteiger partial charge on any atom is 0.317 e. The van der Waals surface area contributed by atoms with E-state index in [9.17, 15) is 4.79 Å². The van der Waals surface area contributed by atoms with Crippen LogP contribution in [-0.2, 0) is 6.54 Å². The van der Waals surface area contributed by atoms with Crippen LogP contribution in [0.5, 0.6) is 0 Å². The maximum absolute atomic E-state index is 11.4. The molecule has 0 saturated carbocycles. The van der Waals surface area contributed by atoms with Crippen molar-refractivity contribution in [1.29, 1.82) is 0 Å². The third-order valence-corrected chi connectivity index (χ3v) is 3.54. The number of hydrogen-bond acceptors (Lipinski definition) is 2. The van der Waals surface area contributed by atoms with Crippen LogP contribution in [-0.4, -0.2) is 25.0 Å². The van der Waals surface area contributed by atoms with E-state index in [0.717, 1.165) is 0 Å². The average Bonchev–Trinajstić information content (AvgIpc) is 2.72. The van der Waals surface area contributed by atoms with Gasteiger partial charge in [0.15, 0.2) is 0 Å². The van der Waals surface area contributed by atoms with Crippen LogP contribution in [0.3, 0.4) is 0 Å². The summed E-state index contributed by atoms with van der Waals surface area (Å²) in [5.41, 5.74) is 1.20. The van der Waals surface area contributed by atoms with E-state index in [1.54, 1.807) is 30.3 Å². The molecule has 84 valence electrons. The van der Waals surface area contributed by atoms with Gasteiger partial charge in [-0.15, -0.1) is 11.3 Å². The van der Waals surface area contributed by atoms with Crippen molar-refractivity contribution in [3.05, 3.63) is 35.2 Å². The Hall–Kier alpha value is -1.55. The summed E-state index contributed by atoms with van der Waals surface area (Å²) in [5, 5.41) is 5.97. The molecule has 2 aromatic rings. The Kier molecular flexibility index (Phi) is 3.10. The molecule has 1 aromatic carbocycles. The summed E-state index contributed by atoms with van der Waals surface area (Å²) in [5.74, 6) is 0. The number of benzene rings is 1. The fourth-order valence-corrected chi connectivity index (χ4v) is 2.63. The van der Waals surface area contributed by atoms with Gasteiger partial charge in [0.2, 0.25) is 0 Å². The topological polar surface area (TPSA) is 32.3 Å². The summed E-state index contributed by atoms with van der Waals surface area (Å²) in [6, 6.07) is 8.20. The molecule has 0 aliphatic carbocycles. The highest BCUT2D eigenvalue weighted by molar-refractivity contribution is 7.17. The van der Waals surface area contributed by atoms with Gasteiger partial charge < -0.3 is 10.2 Å². The maximum atomic E-state index is 11.4. The molecule has 16 heavy (non-hydrogen) atoms. The van der Waals surface area contributed by atoms with Crippen LogP contribution in [0.4, 0.5) is 4.79 Å². The number of carbonyl (C=O) groups is 1. The highest BCUT2D eigenvalue weighted by atomic mass is 32.1. The minimum atomic E-state index is -0.0599. The highest BCUT2D eigenvalue weighted by Crippen LogP contribution is 2.26. The largest absolute Gasteiger partial charge is 0.341 e. The SMILES string of the molecule is CNC(=O)N(C)Cc1csc2ccccc12. The Balaban J connectivity index is 2.24. The first-order chi connectivity index (χ1) is 7.72. The molecule has 2 amide bonds. The second-order valence-electron chi connectivity index (χ2n) is 3.67. The number of urea groups is 1. The molecule has 0 aliphatic rings. The number of carbonyl (C=O) groups excluding carboxylic acids is 1. The van der Waals surface area contributed by atoms with E-state index >= 15 is 0 Å². The Labute approximate surface area is 98.7 Å². The van der Waals surface area contributed by atoms with Crippen molar-refractivity contribution in [3.8, 4) is 0 Å². The monoisotopic (exact) mass is 234 g/mol. The van der Waals surface area contributed by atoms with Crippen molar-refractivity contribution in [2.75, 3.05) is 14.1 Å². The summed E-state index contributed by atoms with van der Waals surface area (Å²) in [4.78, 5) is 13.1. The molecule has 4 heteroatoms. The second kappa shape index (κ2) is 4.53. The van der Waals surface area contributed by atoms with E-state index in [1.165, 1.54) is 15.6 Å². The van der Waals surface area contributed by atoms with Gasteiger partial charge in [0.1, 0.15) is 0 Å². The molecule has 0 spiro atoms. The van der Waals surface area contributed by atoms with Gasteiger partial charge in [0.05, 0.1) is 0 Å². The molecule has 2 rings (SSSR count). The molecule has 1 heterocycles. The molecule has 1 aromatic heterocycles. The van der Waals surface area contributed by atoms with Crippen LogP contribution < -0.4 is 5.32 Å². The van der Waals surface area contributed by atoms with Crippen LogP contribution in [0.1, 0.15) is 5.56 Å². The van der Waals surface area contributed by atoms with Gasteiger partial charge in [-0.1, -0.05) is 18.2 Å². The normalized spacial score (nSPS) is 10.4. The van der Waals surface area contributed by atoms with Gasteiger partial charge in [0, 0.05) is 25.3 Å². The summed E-state index contributed by atoms with van der Waals surface area (Å²) in [6.07, 6.45) is 0. The zero-order valence-electron chi connectivity index (χ0n) is 9.36. The number of nitrogens with zero attached hydrogens (tertiary/aromatic N) is 1. The van der Waals surface area contributed by atoms with Gasteiger partial charge in [-0.05, 0) is 22.4 Å². The molecule has 0 aliphatic heterocycles. The fourth-order valence-electron chi connectivity index (χ4n) is 1.67. The van der Waals surface area contributed by atoms with Crippen LogP contribution in [0.15, 0.2) is 29.6 Å². The third-order valence-electron chi connectivity index (χ3n) is 2.53. The zero-order valence-corrected chi connectivity index (χ0v) is 10.2. The van der Waals surface area contributed by atoms with Crippen molar-refractivity contribution >= 4 is 27.5 Å². The number of fused-ring (bicyclic) bond motifs is 1. The molecule has 3 nitrogen and oxygen atoms in total. The fraction of sp³-hybridized carbons (Fsp3) is 0.250. The van der Waals surface area contributed by atoms with E-state index in [-0.39, 0.29) is 6.03 Å². The van der Waals surface area contributed by atoms with Crippen LogP contribution in [0.25, 0.3) is 10.1 Å². The highest BCUT2D eigenvalue weighted by Gasteiger charge is 2.09. The van der Waals surface area contributed by atoms with Crippen LogP contribution in [0.2, 0.25) is 0 Å². The lowest BCUT2D eigenvalue weighted by molar-refractivity contribution is 0.209. The quantitative estimate of drug-likeness (QED) is 0.851. The van der Waals surface area contributed by atoms with E-state index in [0.29, 0.717) is 6.54 Å². The van der Waals surface area contributed by atoms with Crippen molar-refractivity contribution in [1.82, 2.24) is 10.2 Å². The first-order valence-electron chi connectivity index (χ1n) is 5.10. The minimum absolute atomic E-state index is 0.0599. The van der Waals surface area contributed by atoms with Gasteiger partial charge >= 0.3 is 6.03 Å². The zero-order chi connectivity index (χ0) is 11.5. The lowest BCUT2D eigenvalue weighted by Crippen LogP contribution is -2.34. The molecule has 0 bridgehead atoms. The second-order valence-corrected chi connectivity index (χ2v) is 4.58. The standard InChI is InChI=1S/C12H14N2OS/c1-13-12(15)14(2)7-9-8-16-11-6-4-3-5-10(9)11/h3-6,8H,7H2,1-2H3,(H,13,15). The summed E-state index contributed by atoms with van der Waals surface area (Å²) in [7, 11) is 3.44. The molecule has 1 N–H and O–H groups in total. The predicted molar refractivity (Wildman–Crippen MR) is 67.7 cm³/mol. The molecular formula is C12H14N2OS. The lowest BCUT2D eigenvalue weighted by atomic mass is 10.2. The number of thiophene rings is 1. The Morgan fingerprint density at radius 2 is 2.19 bits per heavy atom. The molecule has 0 atom stereocenters. The van der Waals surface area contributed by atoms with Crippen LogP contribution >= 0.6 is 11.3 Å². The third kappa shape index (κ3) is 2.02. The summed E-state index contributed by atoms with van der Waals surface area (Å²) in [6.45, 7) is 0.643. The van der Waals surface area contributed by atoms with Crippen molar-refractivity contribution in [2.45, 2.75) is 6.54 Å². The predicted octanol–water partition coefficient (Wildman–Crippen LogP) is 2.67. The van der Waals surface area contributed by atoms with Gasteiger partial charge in [-0.25, -0.2) is 4.79 Å². The van der Waals surface area contributed by atoms with E-state index in [4.69, 9.17) is 0 Å². The number of rotatable bonds is 2. The smallest absolute Gasteiger partial charge is 0.317 e. The summed E-state index contributed by atoms with van der Waals surface area (Å²) >= 11 is 1.72. The van der Waals surface area contributed by atoms with Crippen LogP contribution in [0, 0.1) is 0 Å². The Bertz CT molecular complexity index is 506. The lowest BCUT2D eigenvalue weighted by Gasteiger charge is -2.15. The van der Waals surface area contributed by atoms with Gasteiger partial charge in [-0.3, -0.25) is 0 Å². The van der Waals surface area contributed by atoms with Crippen molar-refractivity contribution < 1.29 is 4.79 Å². The first-order valence-corrected chi connectivity index (χ1v) is 5.98. The van der Waals surface area contributed by atoms with Crippen molar-refractivity contribution in [3.63, 3.8) is 0 Å². The Morgan fingerprint density at radius 1 is 1.44 bits per heavy atom. The number of amides is 2. The average molecular weight is 234 g/mol. The molecule has 0 unspecified atom stereocenters. The molecular weight excluding hydrogens is 220 g/mol. The Morgan fingerprint density at radius 3 is 2.94 bits per heavy atom. The van der Waals surface area contributed by atoms with Gasteiger partial charge in [0.25, 0.3) is 0 Å². The number of hydrogen-bond donors (Lipinski definition) is 1. The summed E-state index contributed by atoms with van der Waals surface area (Å²) < 4.78 is 1.27. The van der Waals surface area contributed by atoms with E-state index in [1.807, 2.05) is 12.1 Å². The molecule has 0 radical (unpaired) electrons. The minimum Gasteiger partial charge on any atom is -0.341 e. The van der Waals surface area contributed by atoms with Gasteiger partial charge in [-0.2, -0.15) is 0 Å². The van der Waals surface area contributed by atoms with E-state index in [2.05, 4.69) is 22.8 Å². The molecule has 0 saturated heterocycles. The van der Waals surface area contributed by atoms with E-state index < -0.39 is 0 Å².